The summed E-state index contributed by atoms with van der Waals surface area (Å²) in [5.74, 6) is 0.241. The Balaban J connectivity index is 2.08. The van der Waals surface area contributed by atoms with Crippen LogP contribution < -0.4 is 15.4 Å². The van der Waals surface area contributed by atoms with Gasteiger partial charge in [-0.15, -0.1) is 0 Å². The molecule has 1 unspecified atom stereocenters. The van der Waals surface area contributed by atoms with Crippen molar-refractivity contribution in [1.82, 2.24) is 5.32 Å². The second-order valence-corrected chi connectivity index (χ2v) is 5.73. The number of benzene rings is 2. The number of amides is 2. The summed E-state index contributed by atoms with van der Waals surface area (Å²) in [6, 6.07) is 13.7. The van der Waals surface area contributed by atoms with Crippen LogP contribution in [-0.4, -0.2) is 18.9 Å². The molecule has 0 aliphatic carbocycles. The maximum absolute atomic E-state index is 12.3. The number of hydrogen-bond donors (Lipinski definition) is 2. The summed E-state index contributed by atoms with van der Waals surface area (Å²) in [5.41, 5.74) is 1.45. The van der Waals surface area contributed by atoms with Gasteiger partial charge in [0.15, 0.2) is 0 Å². The van der Waals surface area contributed by atoms with Gasteiger partial charge in [-0.25, -0.2) is 0 Å². The van der Waals surface area contributed by atoms with E-state index in [1.165, 1.54) is 6.92 Å². The van der Waals surface area contributed by atoms with E-state index in [1.54, 1.807) is 55.6 Å². The first-order valence-electron chi connectivity index (χ1n) is 7.44. The van der Waals surface area contributed by atoms with E-state index >= 15 is 0 Å². The van der Waals surface area contributed by atoms with E-state index < -0.39 is 6.04 Å². The second kappa shape index (κ2) is 8.36. The summed E-state index contributed by atoms with van der Waals surface area (Å²) < 4.78 is 5.13. The molecule has 0 fully saturated rings. The first-order valence-corrected chi connectivity index (χ1v) is 7.82. The second-order valence-electron chi connectivity index (χ2n) is 5.29. The molecule has 0 aliphatic heterocycles. The van der Waals surface area contributed by atoms with E-state index in [2.05, 4.69) is 10.6 Å². The van der Waals surface area contributed by atoms with E-state index in [9.17, 15) is 9.59 Å². The predicted molar refractivity (Wildman–Crippen MR) is 94.3 cm³/mol. The van der Waals surface area contributed by atoms with Gasteiger partial charge in [0.05, 0.1) is 19.6 Å². The van der Waals surface area contributed by atoms with Crippen LogP contribution in [0.1, 0.15) is 24.9 Å². The lowest BCUT2D eigenvalue weighted by Gasteiger charge is -2.18. The van der Waals surface area contributed by atoms with Crippen molar-refractivity contribution in [2.45, 2.75) is 19.4 Å². The molecule has 0 aliphatic rings. The number of methoxy groups -OCH3 is 1. The molecule has 0 saturated carbocycles. The van der Waals surface area contributed by atoms with Gasteiger partial charge in [0.2, 0.25) is 11.8 Å². The standard InChI is InChI=1S/C18H19ClN2O3/c1-12(22)20-17(13-6-8-14(19)9-7-13)11-18(23)21-15-4-3-5-16(10-15)24-2/h3-10,17H,11H2,1-2H3,(H,20,22)(H,21,23). The molecule has 0 aromatic heterocycles. The number of rotatable bonds is 6. The van der Waals surface area contributed by atoms with E-state index in [0.29, 0.717) is 16.5 Å². The summed E-state index contributed by atoms with van der Waals surface area (Å²) in [4.78, 5) is 23.7. The van der Waals surface area contributed by atoms with Crippen molar-refractivity contribution in [2.24, 2.45) is 0 Å². The topological polar surface area (TPSA) is 67.4 Å². The van der Waals surface area contributed by atoms with E-state index in [1.807, 2.05) is 0 Å². The van der Waals surface area contributed by atoms with Gasteiger partial charge < -0.3 is 15.4 Å². The Hall–Kier alpha value is -2.53. The Morgan fingerprint density at radius 2 is 1.88 bits per heavy atom. The van der Waals surface area contributed by atoms with Crippen molar-refractivity contribution >= 4 is 29.1 Å². The molecule has 2 amide bonds. The first kappa shape index (κ1) is 17.8. The van der Waals surface area contributed by atoms with Crippen molar-refractivity contribution in [3.63, 3.8) is 0 Å². The summed E-state index contributed by atoms with van der Waals surface area (Å²) in [5, 5.41) is 6.19. The van der Waals surface area contributed by atoms with Gasteiger partial charge in [0, 0.05) is 23.7 Å². The number of halogens is 1. The van der Waals surface area contributed by atoms with Crippen LogP contribution in [0.4, 0.5) is 5.69 Å². The maximum atomic E-state index is 12.3. The zero-order valence-electron chi connectivity index (χ0n) is 13.5. The highest BCUT2D eigenvalue weighted by molar-refractivity contribution is 6.30. The number of hydrogen-bond acceptors (Lipinski definition) is 3. The molecule has 0 heterocycles. The predicted octanol–water partition coefficient (Wildman–Crippen LogP) is 3.55. The van der Waals surface area contributed by atoms with Crippen LogP contribution >= 0.6 is 11.6 Å². The van der Waals surface area contributed by atoms with Crippen LogP contribution in [0.15, 0.2) is 48.5 Å². The molecule has 2 aromatic carbocycles. The van der Waals surface area contributed by atoms with Crippen LogP contribution in [0.2, 0.25) is 5.02 Å². The fraction of sp³-hybridized carbons (Fsp3) is 0.222. The van der Waals surface area contributed by atoms with Crippen LogP contribution in [0.25, 0.3) is 0 Å². The van der Waals surface area contributed by atoms with E-state index in [4.69, 9.17) is 16.3 Å². The SMILES string of the molecule is COc1cccc(NC(=O)CC(NC(C)=O)c2ccc(Cl)cc2)c1. The molecule has 2 N–H and O–H groups in total. The van der Waals surface area contributed by atoms with Crippen molar-refractivity contribution in [1.29, 1.82) is 0 Å². The van der Waals surface area contributed by atoms with Crippen LogP contribution in [-0.2, 0) is 9.59 Å². The van der Waals surface area contributed by atoms with E-state index in [-0.39, 0.29) is 18.2 Å². The van der Waals surface area contributed by atoms with Gasteiger partial charge in [-0.3, -0.25) is 9.59 Å². The summed E-state index contributed by atoms with van der Waals surface area (Å²) in [6.07, 6.45) is 0.110. The summed E-state index contributed by atoms with van der Waals surface area (Å²) >= 11 is 5.89. The first-order chi connectivity index (χ1) is 11.5. The Bertz CT molecular complexity index is 716. The molecular formula is C18H19ClN2O3. The Morgan fingerprint density at radius 3 is 2.50 bits per heavy atom. The van der Waals surface area contributed by atoms with Crippen molar-refractivity contribution in [2.75, 3.05) is 12.4 Å². The maximum Gasteiger partial charge on any atom is 0.226 e. The van der Waals surface area contributed by atoms with Crippen molar-refractivity contribution in [3.05, 3.63) is 59.1 Å². The van der Waals surface area contributed by atoms with Gasteiger partial charge in [-0.1, -0.05) is 29.8 Å². The highest BCUT2D eigenvalue weighted by Crippen LogP contribution is 2.21. The smallest absolute Gasteiger partial charge is 0.226 e. The third-order valence-corrected chi connectivity index (χ3v) is 3.64. The lowest BCUT2D eigenvalue weighted by molar-refractivity contribution is -0.120. The molecule has 0 saturated heterocycles. The van der Waals surface area contributed by atoms with Gasteiger partial charge in [0.25, 0.3) is 0 Å². The molecular weight excluding hydrogens is 328 g/mol. The van der Waals surface area contributed by atoms with Gasteiger partial charge in [-0.05, 0) is 29.8 Å². The molecule has 2 rings (SSSR count). The van der Waals surface area contributed by atoms with E-state index in [0.717, 1.165) is 5.56 Å². The molecule has 5 nitrogen and oxygen atoms in total. The molecule has 0 bridgehead atoms. The average molecular weight is 347 g/mol. The highest BCUT2D eigenvalue weighted by Gasteiger charge is 2.17. The third-order valence-electron chi connectivity index (χ3n) is 3.39. The average Bonchev–Trinajstić information content (AvgIpc) is 2.54. The fourth-order valence-corrected chi connectivity index (χ4v) is 2.42. The number of nitrogens with one attached hydrogen (secondary N) is 2. The van der Waals surface area contributed by atoms with Crippen LogP contribution in [0.5, 0.6) is 5.75 Å². The molecule has 6 heteroatoms. The van der Waals surface area contributed by atoms with Gasteiger partial charge in [-0.2, -0.15) is 0 Å². The fourth-order valence-electron chi connectivity index (χ4n) is 2.29. The van der Waals surface area contributed by atoms with Crippen LogP contribution in [0.3, 0.4) is 0 Å². The number of carbonyl (C=O) groups is 2. The minimum atomic E-state index is -0.426. The number of anilines is 1. The highest BCUT2D eigenvalue weighted by atomic mass is 35.5. The minimum absolute atomic E-state index is 0.110. The van der Waals surface area contributed by atoms with Gasteiger partial charge in [0.1, 0.15) is 5.75 Å². The number of carbonyl (C=O) groups excluding carboxylic acids is 2. The lowest BCUT2D eigenvalue weighted by Crippen LogP contribution is -2.29. The molecule has 0 radical (unpaired) electrons. The Morgan fingerprint density at radius 1 is 1.17 bits per heavy atom. The largest absolute Gasteiger partial charge is 0.497 e. The summed E-state index contributed by atoms with van der Waals surface area (Å²) in [6.45, 7) is 1.42. The van der Waals surface area contributed by atoms with Crippen molar-refractivity contribution in [3.8, 4) is 5.75 Å². The lowest BCUT2D eigenvalue weighted by atomic mass is 10.0. The molecule has 2 aromatic rings. The Labute approximate surface area is 146 Å². The molecule has 1 atom stereocenters. The monoisotopic (exact) mass is 346 g/mol. The zero-order valence-corrected chi connectivity index (χ0v) is 14.3. The number of ether oxygens (including phenoxy) is 1. The molecule has 24 heavy (non-hydrogen) atoms. The minimum Gasteiger partial charge on any atom is -0.497 e. The normalized spacial score (nSPS) is 11.5. The van der Waals surface area contributed by atoms with Crippen LogP contribution in [0, 0.1) is 0 Å². The third kappa shape index (κ3) is 5.28. The summed E-state index contributed by atoms with van der Waals surface area (Å²) in [7, 11) is 1.56. The van der Waals surface area contributed by atoms with Crippen molar-refractivity contribution < 1.29 is 14.3 Å². The Kier molecular flexibility index (Phi) is 6.21. The zero-order chi connectivity index (χ0) is 17.5. The molecule has 126 valence electrons. The molecule has 0 spiro atoms. The quantitative estimate of drug-likeness (QED) is 0.840. The van der Waals surface area contributed by atoms with Gasteiger partial charge >= 0.3 is 0 Å².